The molecule has 0 saturated carbocycles. The van der Waals surface area contributed by atoms with E-state index in [2.05, 4.69) is 27.8 Å². The number of hydrogen-bond donors (Lipinski definition) is 1. The number of rotatable bonds is 2. The first-order valence-electron chi connectivity index (χ1n) is 3.41. The molecular formula is C9H8BrNO. The minimum Gasteiger partial charge on any atom is -0.329 e. The summed E-state index contributed by atoms with van der Waals surface area (Å²) < 4.78 is 0.956. The van der Waals surface area contributed by atoms with Gasteiger partial charge in [0.15, 0.2) is 0 Å². The fourth-order valence-electron chi connectivity index (χ4n) is 0.777. The van der Waals surface area contributed by atoms with Crippen LogP contribution in [0.2, 0.25) is 0 Å². The Bertz CT molecular complexity index is 292. The van der Waals surface area contributed by atoms with Crippen molar-refractivity contribution in [2.75, 3.05) is 0 Å². The van der Waals surface area contributed by atoms with Gasteiger partial charge < -0.3 is 5.32 Å². The van der Waals surface area contributed by atoms with Crippen molar-refractivity contribution in [3.63, 3.8) is 0 Å². The summed E-state index contributed by atoms with van der Waals surface area (Å²) >= 11 is 3.28. The van der Waals surface area contributed by atoms with Gasteiger partial charge in [0.1, 0.15) is 0 Å². The molecule has 0 bridgehead atoms. The maximum absolute atomic E-state index is 11.2. The Kier molecular flexibility index (Phi) is 3.05. The van der Waals surface area contributed by atoms with Gasteiger partial charge in [-0.25, -0.2) is 0 Å². The summed E-state index contributed by atoms with van der Waals surface area (Å²) in [6.07, 6.45) is 1.37. The Hall–Kier alpha value is -1.09. The molecule has 62 valence electrons. The Labute approximate surface area is 79.4 Å². The predicted octanol–water partition coefficient (Wildman–Crippen LogP) is 2.32. The van der Waals surface area contributed by atoms with Crippen molar-refractivity contribution < 1.29 is 4.79 Å². The van der Waals surface area contributed by atoms with E-state index in [1.807, 2.05) is 12.1 Å². The van der Waals surface area contributed by atoms with Gasteiger partial charge >= 0.3 is 0 Å². The summed E-state index contributed by atoms with van der Waals surface area (Å²) in [4.78, 5) is 11.2. The third kappa shape index (κ3) is 2.20. The number of halogens is 1. The van der Waals surface area contributed by atoms with Crippen molar-refractivity contribution >= 4 is 21.8 Å². The summed E-state index contributed by atoms with van der Waals surface area (Å²) in [5.74, 6) is -0.141. The smallest absolute Gasteiger partial charge is 0.255 e. The molecule has 1 aromatic carbocycles. The zero-order valence-electron chi connectivity index (χ0n) is 6.38. The van der Waals surface area contributed by atoms with Crippen LogP contribution in [0, 0.1) is 0 Å². The van der Waals surface area contributed by atoms with Crippen molar-refractivity contribution in [1.82, 2.24) is 5.32 Å². The summed E-state index contributed by atoms with van der Waals surface area (Å²) in [7, 11) is 0. The minimum absolute atomic E-state index is 0.141. The lowest BCUT2D eigenvalue weighted by Crippen LogP contribution is -2.16. The molecule has 2 nitrogen and oxygen atoms in total. The summed E-state index contributed by atoms with van der Waals surface area (Å²) in [5, 5.41) is 2.49. The zero-order valence-corrected chi connectivity index (χ0v) is 7.97. The number of carbonyl (C=O) groups excluding carboxylic acids is 1. The van der Waals surface area contributed by atoms with Crippen LogP contribution in [0.3, 0.4) is 0 Å². The van der Waals surface area contributed by atoms with E-state index in [0.29, 0.717) is 5.56 Å². The van der Waals surface area contributed by atoms with Crippen molar-refractivity contribution in [3.05, 3.63) is 47.1 Å². The third-order valence-corrected chi connectivity index (χ3v) is 1.87. The van der Waals surface area contributed by atoms with E-state index in [-0.39, 0.29) is 5.91 Å². The first-order valence-corrected chi connectivity index (χ1v) is 4.20. The van der Waals surface area contributed by atoms with Gasteiger partial charge in [0, 0.05) is 10.0 Å². The first-order chi connectivity index (χ1) is 5.74. The molecule has 3 heteroatoms. The van der Waals surface area contributed by atoms with Crippen LogP contribution in [0.15, 0.2) is 41.5 Å². The van der Waals surface area contributed by atoms with Crippen LogP contribution in [0.1, 0.15) is 10.4 Å². The van der Waals surface area contributed by atoms with Crippen molar-refractivity contribution in [1.29, 1.82) is 0 Å². The molecule has 0 radical (unpaired) electrons. The van der Waals surface area contributed by atoms with E-state index in [9.17, 15) is 4.79 Å². The number of benzene rings is 1. The molecular weight excluding hydrogens is 218 g/mol. The van der Waals surface area contributed by atoms with E-state index < -0.39 is 0 Å². The average Bonchev–Trinajstić information content (AvgIpc) is 2.06. The molecule has 0 aliphatic carbocycles. The van der Waals surface area contributed by atoms with Gasteiger partial charge in [-0.3, -0.25) is 4.79 Å². The molecule has 1 aromatic rings. The van der Waals surface area contributed by atoms with Gasteiger partial charge in [-0.2, -0.15) is 0 Å². The number of hydrogen-bond acceptors (Lipinski definition) is 1. The second-order valence-corrected chi connectivity index (χ2v) is 3.10. The number of carbonyl (C=O) groups is 1. The van der Waals surface area contributed by atoms with Gasteiger partial charge in [0.05, 0.1) is 0 Å². The summed E-state index contributed by atoms with van der Waals surface area (Å²) in [6.45, 7) is 3.40. The molecule has 0 unspecified atom stereocenters. The highest BCUT2D eigenvalue weighted by Crippen LogP contribution is 2.10. The van der Waals surface area contributed by atoms with Gasteiger partial charge in [-0.1, -0.05) is 22.5 Å². The van der Waals surface area contributed by atoms with E-state index in [1.54, 1.807) is 12.1 Å². The zero-order chi connectivity index (χ0) is 8.97. The van der Waals surface area contributed by atoms with Crippen LogP contribution in [0.5, 0.6) is 0 Å². The maximum atomic E-state index is 11.2. The lowest BCUT2D eigenvalue weighted by atomic mass is 10.2. The predicted molar refractivity (Wildman–Crippen MR) is 51.8 cm³/mol. The third-order valence-electron chi connectivity index (χ3n) is 1.34. The van der Waals surface area contributed by atoms with Gasteiger partial charge in [-0.15, -0.1) is 0 Å². The van der Waals surface area contributed by atoms with E-state index >= 15 is 0 Å². The summed E-state index contributed by atoms with van der Waals surface area (Å²) in [5.41, 5.74) is 0.623. The molecule has 0 saturated heterocycles. The Balaban J connectivity index is 2.82. The van der Waals surface area contributed by atoms with Crippen LogP contribution in [-0.4, -0.2) is 5.91 Å². The fraction of sp³-hybridized carbons (Fsp3) is 0. The van der Waals surface area contributed by atoms with Crippen molar-refractivity contribution in [2.45, 2.75) is 0 Å². The monoisotopic (exact) mass is 225 g/mol. The lowest BCUT2D eigenvalue weighted by Gasteiger charge is -1.98. The van der Waals surface area contributed by atoms with Crippen molar-refractivity contribution in [2.24, 2.45) is 0 Å². The molecule has 0 heterocycles. The number of nitrogens with one attached hydrogen (secondary N) is 1. The summed E-state index contributed by atoms with van der Waals surface area (Å²) in [6, 6.07) is 7.11. The van der Waals surface area contributed by atoms with Crippen LogP contribution in [0.25, 0.3) is 0 Å². The molecule has 12 heavy (non-hydrogen) atoms. The standard InChI is InChI=1S/C9H8BrNO/c1-2-11-9(12)7-3-5-8(10)6-4-7/h2-6H,1H2,(H,11,12). The highest BCUT2D eigenvalue weighted by atomic mass is 79.9. The van der Waals surface area contributed by atoms with Gasteiger partial charge in [0.25, 0.3) is 5.91 Å². The van der Waals surface area contributed by atoms with Crippen LogP contribution in [-0.2, 0) is 0 Å². The largest absolute Gasteiger partial charge is 0.329 e. The van der Waals surface area contributed by atoms with E-state index in [0.717, 1.165) is 4.47 Å². The highest BCUT2D eigenvalue weighted by molar-refractivity contribution is 9.10. The second-order valence-electron chi connectivity index (χ2n) is 2.18. The molecule has 0 atom stereocenters. The minimum atomic E-state index is -0.141. The Morgan fingerprint density at radius 3 is 2.50 bits per heavy atom. The first kappa shape index (κ1) is 9.00. The number of amides is 1. The maximum Gasteiger partial charge on any atom is 0.255 e. The molecule has 1 amide bonds. The average molecular weight is 226 g/mol. The molecule has 0 fully saturated rings. The molecule has 0 spiro atoms. The highest BCUT2D eigenvalue weighted by Gasteiger charge is 2.00. The fourth-order valence-corrected chi connectivity index (χ4v) is 1.04. The quantitative estimate of drug-likeness (QED) is 0.823. The second kappa shape index (κ2) is 4.07. The van der Waals surface area contributed by atoms with Crippen LogP contribution < -0.4 is 5.32 Å². The Morgan fingerprint density at radius 2 is 2.00 bits per heavy atom. The van der Waals surface area contributed by atoms with E-state index in [1.165, 1.54) is 6.20 Å². The Morgan fingerprint density at radius 1 is 1.42 bits per heavy atom. The van der Waals surface area contributed by atoms with Crippen LogP contribution in [0.4, 0.5) is 0 Å². The lowest BCUT2D eigenvalue weighted by molar-refractivity contribution is 0.0970. The molecule has 1 rings (SSSR count). The molecule has 1 N–H and O–H groups in total. The molecule has 0 aromatic heterocycles. The van der Waals surface area contributed by atoms with E-state index in [4.69, 9.17) is 0 Å². The molecule has 0 aliphatic heterocycles. The van der Waals surface area contributed by atoms with Crippen LogP contribution >= 0.6 is 15.9 Å². The normalized spacial score (nSPS) is 9.08. The van der Waals surface area contributed by atoms with Gasteiger partial charge in [-0.05, 0) is 30.5 Å². The molecule has 0 aliphatic rings. The van der Waals surface area contributed by atoms with Gasteiger partial charge in [0.2, 0.25) is 0 Å². The topological polar surface area (TPSA) is 29.1 Å². The SMILES string of the molecule is C=CNC(=O)c1ccc(Br)cc1. The van der Waals surface area contributed by atoms with Crippen molar-refractivity contribution in [3.8, 4) is 0 Å².